The highest BCUT2D eigenvalue weighted by atomic mass is 35.5. The highest BCUT2D eigenvalue weighted by molar-refractivity contribution is 7.90. The molecule has 0 bridgehead atoms. The lowest BCUT2D eigenvalue weighted by atomic mass is 10.1. The van der Waals surface area contributed by atoms with Gasteiger partial charge >= 0.3 is 0 Å². The zero-order valence-electron chi connectivity index (χ0n) is 12.0. The average molecular weight is 372 g/mol. The molecule has 0 saturated carbocycles. The molecule has 126 valence electrons. The lowest BCUT2D eigenvalue weighted by Crippen LogP contribution is -2.43. The Morgan fingerprint density at radius 2 is 2.00 bits per heavy atom. The van der Waals surface area contributed by atoms with Gasteiger partial charge in [-0.2, -0.15) is 0 Å². The fraction of sp³-hybridized carbons (Fsp3) is 0.500. The van der Waals surface area contributed by atoms with Crippen LogP contribution in [0.1, 0.15) is 12.8 Å². The molecule has 0 spiro atoms. The maximum absolute atomic E-state index is 11.8. The highest BCUT2D eigenvalue weighted by Crippen LogP contribution is 2.31. The maximum atomic E-state index is 11.8. The molecule has 1 aromatic rings. The summed E-state index contributed by atoms with van der Waals surface area (Å²) in [6.07, 6.45) is 2.81. The van der Waals surface area contributed by atoms with Crippen LogP contribution in [0.4, 0.5) is 11.4 Å². The number of sulfone groups is 1. The molecule has 1 atom stereocenters. The number of nitrogens with two attached hydrogens (primary N) is 1. The predicted octanol–water partition coefficient (Wildman–Crippen LogP) is 1.77. The van der Waals surface area contributed by atoms with Crippen molar-refractivity contribution in [3.8, 4) is 0 Å². The van der Waals surface area contributed by atoms with Crippen LogP contribution in [0.15, 0.2) is 23.1 Å². The van der Waals surface area contributed by atoms with E-state index in [-0.39, 0.29) is 41.4 Å². The summed E-state index contributed by atoms with van der Waals surface area (Å²) in [6, 6.07) is 3.77. The van der Waals surface area contributed by atoms with Crippen molar-refractivity contribution in [1.29, 1.82) is 0 Å². The van der Waals surface area contributed by atoms with Gasteiger partial charge in [-0.05, 0) is 18.9 Å². The first-order valence-corrected chi connectivity index (χ1v) is 8.17. The number of nitro benzene ring substituents is 1. The fourth-order valence-corrected chi connectivity index (χ4v) is 3.29. The molecule has 0 unspecified atom stereocenters. The smallest absolute Gasteiger partial charge is 0.271 e. The van der Waals surface area contributed by atoms with Crippen molar-refractivity contribution in [3.05, 3.63) is 28.3 Å². The predicted molar refractivity (Wildman–Crippen MR) is 90.1 cm³/mol. The molecular weight excluding hydrogens is 353 g/mol. The summed E-state index contributed by atoms with van der Waals surface area (Å²) in [4.78, 5) is 12.3. The average Bonchev–Trinajstić information content (AvgIpc) is 2.37. The highest BCUT2D eigenvalue weighted by Gasteiger charge is 2.25. The monoisotopic (exact) mass is 371 g/mol. The van der Waals surface area contributed by atoms with Gasteiger partial charge in [-0.3, -0.25) is 10.1 Å². The van der Waals surface area contributed by atoms with Crippen LogP contribution in [0.5, 0.6) is 0 Å². The number of hydrogen-bond donors (Lipinski definition) is 1. The Labute approximate surface area is 141 Å². The molecule has 0 aromatic heterocycles. The molecule has 2 rings (SSSR count). The van der Waals surface area contributed by atoms with Gasteiger partial charge in [0.05, 0.1) is 15.5 Å². The van der Waals surface area contributed by atoms with E-state index in [0.29, 0.717) is 18.8 Å². The normalized spacial score (nSPS) is 18.1. The lowest BCUT2D eigenvalue weighted by Gasteiger charge is -2.33. The van der Waals surface area contributed by atoms with Crippen molar-refractivity contribution < 1.29 is 13.3 Å². The first kappa shape index (κ1) is 20.9. The summed E-state index contributed by atoms with van der Waals surface area (Å²) in [7, 11) is -3.45. The number of anilines is 1. The molecule has 0 amide bonds. The van der Waals surface area contributed by atoms with Crippen LogP contribution in [0.3, 0.4) is 0 Å². The van der Waals surface area contributed by atoms with Crippen LogP contribution in [0.25, 0.3) is 0 Å². The molecule has 0 aliphatic carbocycles. The molecule has 1 aromatic carbocycles. The van der Waals surface area contributed by atoms with Gasteiger partial charge in [-0.15, -0.1) is 24.8 Å². The third-order valence-corrected chi connectivity index (χ3v) is 4.50. The molecule has 7 nitrogen and oxygen atoms in total. The minimum atomic E-state index is -3.45. The topological polar surface area (TPSA) is 107 Å². The molecule has 10 heteroatoms. The Morgan fingerprint density at radius 3 is 2.50 bits per heavy atom. The van der Waals surface area contributed by atoms with E-state index in [9.17, 15) is 18.5 Å². The standard InChI is InChI=1S/C12H17N3O4S.2ClH/c1-20(18,19)12-5-4-10(15(16)17)7-11(12)14-6-2-3-9(13)8-14;;/h4-5,7,9H,2-3,6,8,13H2,1H3;2*1H/t9-;;/m1../s1. The zero-order chi connectivity index (χ0) is 14.9. The van der Waals surface area contributed by atoms with Gasteiger partial charge in [0.25, 0.3) is 5.69 Å². The van der Waals surface area contributed by atoms with Gasteiger partial charge in [0.2, 0.25) is 0 Å². The van der Waals surface area contributed by atoms with Crippen LogP contribution < -0.4 is 10.6 Å². The van der Waals surface area contributed by atoms with Gasteiger partial charge in [0, 0.05) is 37.5 Å². The number of hydrogen-bond acceptors (Lipinski definition) is 6. The lowest BCUT2D eigenvalue weighted by molar-refractivity contribution is -0.384. The Kier molecular flexibility index (Phi) is 7.56. The number of nitrogens with zero attached hydrogens (tertiary/aromatic N) is 2. The zero-order valence-corrected chi connectivity index (χ0v) is 14.4. The van der Waals surface area contributed by atoms with Gasteiger partial charge in [-0.1, -0.05) is 0 Å². The second kappa shape index (κ2) is 7.96. The molecule has 1 fully saturated rings. The van der Waals surface area contributed by atoms with Gasteiger partial charge in [0.1, 0.15) is 0 Å². The van der Waals surface area contributed by atoms with Crippen LogP contribution in [0.2, 0.25) is 0 Å². The van der Waals surface area contributed by atoms with Crippen molar-refractivity contribution >= 4 is 46.0 Å². The number of benzene rings is 1. The van der Waals surface area contributed by atoms with Gasteiger partial charge in [0.15, 0.2) is 9.84 Å². The second-order valence-corrected chi connectivity index (χ2v) is 7.01. The summed E-state index contributed by atoms with van der Waals surface area (Å²) in [5.74, 6) is 0. The largest absolute Gasteiger partial charge is 0.369 e. The second-order valence-electron chi connectivity index (χ2n) is 5.03. The summed E-state index contributed by atoms with van der Waals surface area (Å²) in [5, 5.41) is 10.9. The van der Waals surface area contributed by atoms with E-state index in [1.165, 1.54) is 18.2 Å². The van der Waals surface area contributed by atoms with E-state index in [1.54, 1.807) is 0 Å². The van der Waals surface area contributed by atoms with Gasteiger partial charge < -0.3 is 10.6 Å². The molecule has 1 aliphatic heterocycles. The fourth-order valence-electron chi connectivity index (χ4n) is 2.41. The van der Waals surface area contributed by atoms with Crippen LogP contribution in [-0.2, 0) is 9.84 Å². The molecule has 0 radical (unpaired) electrons. The van der Waals surface area contributed by atoms with Crippen molar-refractivity contribution in [3.63, 3.8) is 0 Å². The quantitative estimate of drug-likeness (QED) is 0.640. The van der Waals surface area contributed by atoms with E-state index >= 15 is 0 Å². The minimum Gasteiger partial charge on any atom is -0.369 e. The van der Waals surface area contributed by atoms with E-state index in [0.717, 1.165) is 19.1 Å². The molecule has 22 heavy (non-hydrogen) atoms. The Bertz CT molecular complexity index is 639. The maximum Gasteiger partial charge on any atom is 0.271 e. The third-order valence-electron chi connectivity index (χ3n) is 3.35. The third kappa shape index (κ3) is 4.70. The van der Waals surface area contributed by atoms with Crippen LogP contribution >= 0.6 is 24.8 Å². The number of non-ortho nitro benzene ring substituents is 1. The van der Waals surface area contributed by atoms with Crippen molar-refractivity contribution in [2.75, 3.05) is 24.2 Å². The van der Waals surface area contributed by atoms with Crippen LogP contribution in [-0.4, -0.2) is 38.7 Å². The van der Waals surface area contributed by atoms with E-state index < -0.39 is 14.8 Å². The van der Waals surface area contributed by atoms with E-state index in [2.05, 4.69) is 0 Å². The summed E-state index contributed by atoms with van der Waals surface area (Å²) in [6.45, 7) is 1.15. The molecule has 1 heterocycles. The van der Waals surface area contributed by atoms with Crippen molar-refractivity contribution in [1.82, 2.24) is 0 Å². The summed E-state index contributed by atoms with van der Waals surface area (Å²) >= 11 is 0. The SMILES string of the molecule is CS(=O)(=O)c1ccc([N+](=O)[O-])cc1N1CCC[C@@H](N)C1.Cl.Cl. The molecule has 1 aliphatic rings. The Morgan fingerprint density at radius 1 is 1.36 bits per heavy atom. The van der Waals surface area contributed by atoms with E-state index in [1.807, 2.05) is 4.90 Å². The summed E-state index contributed by atoms with van der Waals surface area (Å²) in [5.41, 5.74) is 6.15. The van der Waals surface area contributed by atoms with Crippen molar-refractivity contribution in [2.45, 2.75) is 23.8 Å². The number of halogens is 2. The van der Waals surface area contributed by atoms with E-state index in [4.69, 9.17) is 5.73 Å². The first-order valence-electron chi connectivity index (χ1n) is 6.28. The summed E-state index contributed by atoms with van der Waals surface area (Å²) < 4.78 is 23.7. The van der Waals surface area contributed by atoms with Gasteiger partial charge in [-0.25, -0.2) is 8.42 Å². The molecular formula is C12H19Cl2N3O4S. The van der Waals surface area contributed by atoms with Crippen LogP contribution in [0, 0.1) is 10.1 Å². The molecule has 1 saturated heterocycles. The van der Waals surface area contributed by atoms with Crippen molar-refractivity contribution in [2.24, 2.45) is 5.73 Å². The molecule has 2 N–H and O–H groups in total. The number of piperidine rings is 1. The minimum absolute atomic E-state index is 0. The Balaban J connectivity index is 0.00000220. The number of rotatable bonds is 3. The number of nitro groups is 1. The first-order chi connectivity index (χ1) is 9.29. The Hall–Kier alpha value is -1.09.